The van der Waals surface area contributed by atoms with Crippen molar-refractivity contribution in [3.63, 3.8) is 0 Å². The number of hydrogen-bond donors (Lipinski definition) is 2. The molecular weight excluding hydrogens is 282 g/mol. The maximum absolute atomic E-state index is 12.5. The van der Waals surface area contributed by atoms with Crippen LogP contribution in [0.3, 0.4) is 0 Å². The van der Waals surface area contributed by atoms with Gasteiger partial charge in [-0.3, -0.25) is 9.59 Å². The SMILES string of the molecule is O=C(O)CC1CSCCN1C(=O)N1CCCNC(=O)C1. The van der Waals surface area contributed by atoms with Crippen molar-refractivity contribution in [1.82, 2.24) is 15.1 Å². The fourth-order valence-corrected chi connectivity index (χ4v) is 3.49. The summed E-state index contributed by atoms with van der Waals surface area (Å²) in [5.74, 6) is 0.390. The minimum atomic E-state index is -0.899. The van der Waals surface area contributed by atoms with Crippen molar-refractivity contribution in [1.29, 1.82) is 0 Å². The second-order valence-electron chi connectivity index (χ2n) is 4.93. The van der Waals surface area contributed by atoms with Gasteiger partial charge in [0.2, 0.25) is 5.91 Å². The fraction of sp³-hybridized carbons (Fsp3) is 0.750. The van der Waals surface area contributed by atoms with E-state index in [9.17, 15) is 14.4 Å². The lowest BCUT2D eigenvalue weighted by atomic mass is 10.2. The standard InChI is InChI=1S/C12H19N3O4S/c16-10-7-14(3-1-2-13-10)12(19)15-4-5-20-8-9(15)6-11(17)18/h9H,1-8H2,(H,13,16)(H,17,18). The zero-order chi connectivity index (χ0) is 14.5. The minimum Gasteiger partial charge on any atom is -0.481 e. The summed E-state index contributed by atoms with van der Waals surface area (Å²) in [4.78, 5) is 38.1. The molecule has 2 N–H and O–H groups in total. The van der Waals surface area contributed by atoms with E-state index in [2.05, 4.69) is 5.32 Å². The Morgan fingerprint density at radius 2 is 2.20 bits per heavy atom. The molecule has 1 atom stereocenters. The van der Waals surface area contributed by atoms with Gasteiger partial charge in [-0.1, -0.05) is 0 Å². The van der Waals surface area contributed by atoms with Gasteiger partial charge >= 0.3 is 12.0 Å². The lowest BCUT2D eigenvalue weighted by Gasteiger charge is -2.37. The highest BCUT2D eigenvalue weighted by Crippen LogP contribution is 2.20. The molecule has 2 saturated heterocycles. The number of hydrogen-bond acceptors (Lipinski definition) is 4. The summed E-state index contributed by atoms with van der Waals surface area (Å²) in [6, 6.07) is -0.501. The van der Waals surface area contributed by atoms with Crippen LogP contribution in [0.4, 0.5) is 4.79 Å². The van der Waals surface area contributed by atoms with Gasteiger partial charge in [0, 0.05) is 31.1 Å². The maximum atomic E-state index is 12.5. The topological polar surface area (TPSA) is 89.9 Å². The first kappa shape index (κ1) is 15.0. The van der Waals surface area contributed by atoms with Crippen LogP contribution >= 0.6 is 11.8 Å². The van der Waals surface area contributed by atoms with E-state index in [0.717, 1.165) is 12.2 Å². The summed E-state index contributed by atoms with van der Waals surface area (Å²) in [7, 11) is 0. The number of urea groups is 1. The molecule has 0 aromatic rings. The van der Waals surface area contributed by atoms with Crippen LogP contribution in [0.2, 0.25) is 0 Å². The van der Waals surface area contributed by atoms with E-state index in [0.29, 0.717) is 25.4 Å². The average Bonchev–Trinajstić information content (AvgIpc) is 2.62. The molecule has 0 aromatic carbocycles. The third-order valence-corrected chi connectivity index (χ3v) is 4.51. The zero-order valence-corrected chi connectivity index (χ0v) is 12.0. The molecule has 20 heavy (non-hydrogen) atoms. The second kappa shape index (κ2) is 6.83. The number of carboxylic acid groups (broad SMARTS) is 1. The number of amides is 3. The third-order valence-electron chi connectivity index (χ3n) is 3.42. The van der Waals surface area contributed by atoms with Crippen molar-refractivity contribution in [3.8, 4) is 0 Å². The Labute approximate surface area is 121 Å². The van der Waals surface area contributed by atoms with E-state index >= 15 is 0 Å². The van der Waals surface area contributed by atoms with E-state index in [4.69, 9.17) is 5.11 Å². The van der Waals surface area contributed by atoms with Crippen LogP contribution in [0.25, 0.3) is 0 Å². The van der Waals surface area contributed by atoms with E-state index in [-0.39, 0.29) is 30.9 Å². The molecular formula is C12H19N3O4S. The summed E-state index contributed by atoms with van der Waals surface area (Å²) >= 11 is 1.66. The lowest BCUT2D eigenvalue weighted by molar-refractivity contribution is -0.138. The predicted octanol–water partition coefficient (Wildman–Crippen LogP) is -0.180. The molecule has 8 heteroatoms. The molecule has 2 fully saturated rings. The zero-order valence-electron chi connectivity index (χ0n) is 11.2. The number of carbonyl (C=O) groups excluding carboxylic acids is 2. The van der Waals surface area contributed by atoms with Crippen LogP contribution < -0.4 is 5.32 Å². The molecule has 2 rings (SSSR count). The van der Waals surface area contributed by atoms with Crippen molar-refractivity contribution in [2.75, 3.05) is 37.7 Å². The van der Waals surface area contributed by atoms with Gasteiger partial charge in [0.05, 0.1) is 12.5 Å². The number of thioether (sulfide) groups is 1. The Morgan fingerprint density at radius 3 is 2.95 bits per heavy atom. The highest BCUT2D eigenvalue weighted by Gasteiger charge is 2.32. The Morgan fingerprint density at radius 1 is 1.40 bits per heavy atom. The summed E-state index contributed by atoms with van der Waals surface area (Å²) in [5, 5.41) is 11.7. The van der Waals surface area contributed by atoms with Crippen molar-refractivity contribution in [3.05, 3.63) is 0 Å². The van der Waals surface area contributed by atoms with Crippen molar-refractivity contribution < 1.29 is 19.5 Å². The molecule has 112 valence electrons. The van der Waals surface area contributed by atoms with Gasteiger partial charge in [-0.15, -0.1) is 0 Å². The first-order valence-corrected chi connectivity index (χ1v) is 7.85. The average molecular weight is 301 g/mol. The van der Waals surface area contributed by atoms with Gasteiger partial charge in [-0.25, -0.2) is 4.79 Å². The van der Waals surface area contributed by atoms with Crippen LogP contribution in [0, 0.1) is 0 Å². The highest BCUT2D eigenvalue weighted by molar-refractivity contribution is 7.99. The molecule has 2 aliphatic rings. The summed E-state index contributed by atoms with van der Waals surface area (Å²) in [6.07, 6.45) is 0.683. The molecule has 1 unspecified atom stereocenters. The van der Waals surface area contributed by atoms with E-state index < -0.39 is 5.97 Å². The van der Waals surface area contributed by atoms with Gasteiger partial charge in [0.1, 0.15) is 6.54 Å². The van der Waals surface area contributed by atoms with Gasteiger partial charge in [-0.2, -0.15) is 11.8 Å². The van der Waals surface area contributed by atoms with E-state index in [1.165, 1.54) is 4.90 Å². The number of rotatable bonds is 2. The molecule has 2 heterocycles. The molecule has 0 radical (unpaired) electrons. The smallest absolute Gasteiger partial charge is 0.320 e. The second-order valence-corrected chi connectivity index (χ2v) is 6.08. The Hall–Kier alpha value is -1.44. The molecule has 0 bridgehead atoms. The van der Waals surface area contributed by atoms with Crippen LogP contribution in [0.1, 0.15) is 12.8 Å². The number of nitrogens with one attached hydrogen (secondary N) is 1. The largest absolute Gasteiger partial charge is 0.481 e. The number of aliphatic carboxylic acids is 1. The maximum Gasteiger partial charge on any atom is 0.320 e. The molecule has 0 spiro atoms. The molecule has 3 amide bonds. The Bertz CT molecular complexity index is 404. The van der Waals surface area contributed by atoms with Gasteiger partial charge in [-0.05, 0) is 6.42 Å². The van der Waals surface area contributed by atoms with E-state index in [1.54, 1.807) is 16.7 Å². The number of nitrogens with zero attached hydrogens (tertiary/aromatic N) is 2. The molecule has 2 aliphatic heterocycles. The highest BCUT2D eigenvalue weighted by atomic mass is 32.2. The normalized spacial score (nSPS) is 24.0. The molecule has 7 nitrogen and oxygen atoms in total. The lowest BCUT2D eigenvalue weighted by Crippen LogP contribution is -2.53. The minimum absolute atomic E-state index is 0.0429. The van der Waals surface area contributed by atoms with Crippen LogP contribution in [-0.4, -0.2) is 76.5 Å². The van der Waals surface area contributed by atoms with Gasteiger partial charge in [0.15, 0.2) is 0 Å². The first-order chi connectivity index (χ1) is 9.58. The molecule has 0 aromatic heterocycles. The molecule has 0 saturated carbocycles. The van der Waals surface area contributed by atoms with Crippen LogP contribution in [0.15, 0.2) is 0 Å². The van der Waals surface area contributed by atoms with Gasteiger partial charge in [0.25, 0.3) is 0 Å². The van der Waals surface area contributed by atoms with Gasteiger partial charge < -0.3 is 20.2 Å². The Kier molecular flexibility index (Phi) is 5.11. The summed E-state index contributed by atoms with van der Waals surface area (Å²) in [5.41, 5.74) is 0. The van der Waals surface area contributed by atoms with Crippen LogP contribution in [-0.2, 0) is 9.59 Å². The summed E-state index contributed by atoms with van der Waals surface area (Å²) < 4.78 is 0. The Balaban J connectivity index is 2.04. The third kappa shape index (κ3) is 3.78. The predicted molar refractivity (Wildman–Crippen MR) is 74.7 cm³/mol. The van der Waals surface area contributed by atoms with Crippen molar-refractivity contribution >= 4 is 29.7 Å². The van der Waals surface area contributed by atoms with E-state index in [1.807, 2.05) is 0 Å². The van der Waals surface area contributed by atoms with Crippen LogP contribution in [0.5, 0.6) is 0 Å². The molecule has 0 aliphatic carbocycles. The quantitative estimate of drug-likeness (QED) is 0.738. The monoisotopic (exact) mass is 301 g/mol. The fourth-order valence-electron chi connectivity index (χ4n) is 2.43. The number of carboxylic acids is 1. The summed E-state index contributed by atoms with van der Waals surface area (Å²) in [6.45, 7) is 1.71. The van der Waals surface area contributed by atoms with Crippen molar-refractivity contribution in [2.45, 2.75) is 18.9 Å². The number of carbonyl (C=O) groups is 3. The van der Waals surface area contributed by atoms with Crippen molar-refractivity contribution in [2.24, 2.45) is 0 Å². The first-order valence-electron chi connectivity index (χ1n) is 6.69.